The van der Waals surface area contributed by atoms with Gasteiger partial charge in [-0.05, 0) is 77.2 Å². The molecule has 4 aromatic carbocycles. The molecule has 158 valence electrons. The zero-order chi connectivity index (χ0) is 24.0. The molecule has 0 nitrogen and oxygen atoms in total. The first kappa shape index (κ1) is 22.3. The van der Waals surface area contributed by atoms with E-state index in [4.69, 9.17) is 25.7 Å². The summed E-state index contributed by atoms with van der Waals surface area (Å²) in [4.78, 5) is 0. The topological polar surface area (TPSA) is 0 Å². The maximum Gasteiger partial charge on any atom is 0.0491 e. The lowest BCUT2D eigenvalue weighted by Gasteiger charge is -2.36. The quantitative estimate of drug-likeness (QED) is 0.262. The van der Waals surface area contributed by atoms with Gasteiger partial charge in [-0.25, -0.2) is 0 Å². The average molecular weight is 431 g/mol. The maximum absolute atomic E-state index is 5.64. The second-order valence-electron chi connectivity index (χ2n) is 8.09. The summed E-state index contributed by atoms with van der Waals surface area (Å²) in [5, 5.41) is 0. The molecule has 0 amide bonds. The lowest BCUT2D eigenvalue weighted by Crippen LogP contribution is -2.32. The van der Waals surface area contributed by atoms with Gasteiger partial charge in [0.2, 0.25) is 0 Å². The summed E-state index contributed by atoms with van der Waals surface area (Å²) in [6, 6.07) is 32.7. The van der Waals surface area contributed by atoms with E-state index in [1.807, 2.05) is 48.5 Å². The molecule has 0 aliphatic rings. The van der Waals surface area contributed by atoms with Crippen molar-refractivity contribution in [3.8, 4) is 49.4 Å². The Bertz CT molecular complexity index is 1310. The van der Waals surface area contributed by atoms with E-state index in [1.54, 1.807) is 0 Å². The lowest BCUT2D eigenvalue weighted by atomic mass is 9.65. The minimum atomic E-state index is -0.509. The van der Waals surface area contributed by atoms with E-state index >= 15 is 0 Å². The fourth-order valence-corrected chi connectivity index (χ4v) is 4.38. The Morgan fingerprint density at radius 1 is 0.412 bits per heavy atom. The molecule has 0 aromatic heterocycles. The van der Waals surface area contributed by atoms with Crippen LogP contribution in [0, 0.1) is 49.4 Å². The van der Waals surface area contributed by atoms with Crippen molar-refractivity contribution in [1.82, 2.24) is 0 Å². The molecule has 0 unspecified atom stereocenters. The first-order valence-corrected chi connectivity index (χ1v) is 10.9. The number of rotatable bonds is 5. The van der Waals surface area contributed by atoms with Crippen LogP contribution in [0.4, 0.5) is 0 Å². The molecule has 0 aliphatic carbocycles. The normalized spacial score (nSPS) is 10.4. The molecule has 0 spiro atoms. The van der Waals surface area contributed by atoms with Crippen LogP contribution in [0.2, 0.25) is 0 Å². The predicted molar refractivity (Wildman–Crippen MR) is 141 cm³/mol. The van der Waals surface area contributed by atoms with Gasteiger partial charge in [0, 0.05) is 27.7 Å². The van der Waals surface area contributed by atoms with Crippen LogP contribution >= 0.6 is 0 Å². The highest BCUT2D eigenvalue weighted by atomic mass is 14.4. The average Bonchev–Trinajstić information content (AvgIpc) is 2.92. The summed E-state index contributed by atoms with van der Waals surface area (Å²) < 4.78 is 0. The molecular weight excluding hydrogens is 408 g/mol. The highest BCUT2D eigenvalue weighted by Gasteiger charge is 2.36. The number of hydrogen-bond donors (Lipinski definition) is 0. The maximum atomic E-state index is 5.64. The van der Waals surface area contributed by atoms with Gasteiger partial charge in [-0.3, -0.25) is 0 Å². The van der Waals surface area contributed by atoms with Crippen molar-refractivity contribution in [3.05, 3.63) is 142 Å². The first-order valence-electron chi connectivity index (χ1n) is 10.9. The predicted octanol–water partition coefficient (Wildman–Crippen LogP) is 6.19. The van der Waals surface area contributed by atoms with Crippen molar-refractivity contribution in [2.45, 2.75) is 11.8 Å². The highest BCUT2D eigenvalue weighted by molar-refractivity contribution is 5.55. The van der Waals surface area contributed by atoms with E-state index in [2.05, 4.69) is 72.2 Å². The molecule has 0 radical (unpaired) electrons. The molecule has 0 aliphatic heterocycles. The molecule has 4 aromatic rings. The molecular formula is C34H22. The summed E-state index contributed by atoms with van der Waals surface area (Å²) in [5.74, 6) is 10.8. The summed E-state index contributed by atoms with van der Waals surface area (Å²) >= 11 is 0. The minimum Gasteiger partial charge on any atom is -0.115 e. The van der Waals surface area contributed by atoms with Gasteiger partial charge in [-0.1, -0.05) is 72.2 Å². The van der Waals surface area contributed by atoms with Gasteiger partial charge in [0.1, 0.15) is 0 Å². The van der Waals surface area contributed by atoms with E-state index in [0.717, 1.165) is 44.5 Å². The largest absolute Gasteiger partial charge is 0.115 e. The van der Waals surface area contributed by atoms with Crippen molar-refractivity contribution >= 4 is 0 Å². The zero-order valence-electron chi connectivity index (χ0n) is 18.8. The van der Waals surface area contributed by atoms with Crippen LogP contribution in [-0.2, 0) is 11.8 Å². The van der Waals surface area contributed by atoms with Crippen LogP contribution in [0.25, 0.3) is 0 Å². The molecule has 0 atom stereocenters. The highest BCUT2D eigenvalue weighted by Crippen LogP contribution is 2.42. The third-order valence-electron chi connectivity index (χ3n) is 6.22. The molecule has 0 fully saturated rings. The van der Waals surface area contributed by atoms with E-state index in [0.29, 0.717) is 6.42 Å². The van der Waals surface area contributed by atoms with Crippen molar-refractivity contribution in [1.29, 1.82) is 0 Å². The van der Waals surface area contributed by atoms with Crippen molar-refractivity contribution in [2.24, 2.45) is 0 Å². The van der Waals surface area contributed by atoms with Crippen LogP contribution in [0.1, 0.15) is 44.5 Å². The van der Waals surface area contributed by atoms with E-state index in [1.165, 1.54) is 0 Å². The Morgan fingerprint density at radius 2 is 0.676 bits per heavy atom. The lowest BCUT2D eigenvalue weighted by molar-refractivity contribution is 0.612. The fraction of sp³-hybridized carbons (Fsp3) is 0.0588. The Labute approximate surface area is 202 Å². The van der Waals surface area contributed by atoms with E-state index in [9.17, 15) is 0 Å². The SMILES string of the molecule is C#Cc1ccc(CC(c2ccc(C#C)cc2)(c2ccc(C#C)cc2)c2ccc(C#C)cc2)cc1. The third kappa shape index (κ3) is 4.23. The molecule has 0 bridgehead atoms. The fourth-order valence-electron chi connectivity index (χ4n) is 4.38. The Hall–Kier alpha value is -4.88. The van der Waals surface area contributed by atoms with Crippen LogP contribution in [-0.4, -0.2) is 0 Å². The van der Waals surface area contributed by atoms with Crippen LogP contribution in [0.5, 0.6) is 0 Å². The van der Waals surface area contributed by atoms with Crippen LogP contribution in [0.3, 0.4) is 0 Å². The van der Waals surface area contributed by atoms with Gasteiger partial charge in [0.05, 0.1) is 0 Å². The smallest absolute Gasteiger partial charge is 0.0491 e. The summed E-state index contributed by atoms with van der Waals surface area (Å²) in [7, 11) is 0. The Morgan fingerprint density at radius 3 is 0.941 bits per heavy atom. The van der Waals surface area contributed by atoms with Gasteiger partial charge in [-0.15, -0.1) is 25.7 Å². The Balaban J connectivity index is 2.01. The first-order chi connectivity index (χ1) is 16.6. The molecule has 0 saturated heterocycles. The number of benzene rings is 4. The van der Waals surface area contributed by atoms with Gasteiger partial charge in [0.25, 0.3) is 0 Å². The van der Waals surface area contributed by atoms with Crippen LogP contribution in [0.15, 0.2) is 97.1 Å². The third-order valence-corrected chi connectivity index (χ3v) is 6.22. The number of terminal acetylenes is 4. The molecule has 0 heteroatoms. The minimum absolute atomic E-state index is 0.509. The summed E-state index contributed by atoms with van der Waals surface area (Å²) in [5.41, 5.74) is 7.36. The van der Waals surface area contributed by atoms with Crippen molar-refractivity contribution in [2.75, 3.05) is 0 Å². The molecule has 0 heterocycles. The molecule has 34 heavy (non-hydrogen) atoms. The van der Waals surface area contributed by atoms with E-state index in [-0.39, 0.29) is 0 Å². The summed E-state index contributed by atoms with van der Waals surface area (Å²) in [6.45, 7) is 0. The standard InChI is InChI=1S/C34H22/c1-5-26-9-11-30(12-10-26)25-34(31-19-13-27(6-2)14-20-31,32-21-15-28(7-3)16-22-32)33-23-17-29(8-4)18-24-33/h1-4,9-24H,25H2. The second kappa shape index (κ2) is 9.72. The Kier molecular flexibility index (Phi) is 6.38. The second-order valence-corrected chi connectivity index (χ2v) is 8.09. The molecule has 0 saturated carbocycles. The molecule has 4 rings (SSSR count). The number of hydrogen-bond acceptors (Lipinski definition) is 0. The van der Waals surface area contributed by atoms with Gasteiger partial charge in [0.15, 0.2) is 0 Å². The van der Waals surface area contributed by atoms with Crippen molar-refractivity contribution in [3.63, 3.8) is 0 Å². The van der Waals surface area contributed by atoms with Gasteiger partial charge in [-0.2, -0.15) is 0 Å². The van der Waals surface area contributed by atoms with Crippen LogP contribution < -0.4 is 0 Å². The monoisotopic (exact) mass is 430 g/mol. The zero-order valence-corrected chi connectivity index (χ0v) is 18.8. The van der Waals surface area contributed by atoms with Gasteiger partial charge < -0.3 is 0 Å². The van der Waals surface area contributed by atoms with Crippen molar-refractivity contribution < 1.29 is 0 Å². The van der Waals surface area contributed by atoms with Gasteiger partial charge >= 0.3 is 0 Å². The molecule has 0 N–H and O–H groups in total. The van der Waals surface area contributed by atoms with E-state index < -0.39 is 5.41 Å². The summed E-state index contributed by atoms with van der Waals surface area (Å²) in [6.07, 6.45) is 23.2.